The first kappa shape index (κ1) is 20.7. The molecule has 1 aliphatic rings. The Labute approximate surface area is 185 Å². The van der Waals surface area contributed by atoms with Crippen LogP contribution in [0, 0.1) is 6.92 Å². The first-order chi connectivity index (χ1) is 15.0. The van der Waals surface area contributed by atoms with Crippen molar-refractivity contribution < 1.29 is 14.3 Å². The molecule has 0 radical (unpaired) electrons. The van der Waals surface area contributed by atoms with Gasteiger partial charge in [0.2, 0.25) is 0 Å². The molecule has 156 valence electrons. The Hall–Kier alpha value is -3.57. The topological polar surface area (TPSA) is 58.6 Å². The van der Waals surface area contributed by atoms with E-state index in [0.29, 0.717) is 39.9 Å². The van der Waals surface area contributed by atoms with Gasteiger partial charge >= 0.3 is 0 Å². The molecule has 1 heterocycles. The van der Waals surface area contributed by atoms with Gasteiger partial charge in [-0.05, 0) is 49.2 Å². The fourth-order valence-electron chi connectivity index (χ4n) is 3.46. The van der Waals surface area contributed by atoms with Gasteiger partial charge in [-0.25, -0.2) is 4.90 Å². The number of imide groups is 1. The molecule has 2 amide bonds. The average molecular weight is 433 g/mol. The predicted octanol–water partition coefficient (Wildman–Crippen LogP) is 5.44. The van der Waals surface area contributed by atoms with Gasteiger partial charge in [0.25, 0.3) is 11.8 Å². The van der Waals surface area contributed by atoms with Crippen LogP contribution in [-0.4, -0.2) is 18.4 Å². The summed E-state index contributed by atoms with van der Waals surface area (Å²) in [6.07, 6.45) is 0. The maximum atomic E-state index is 13.5. The summed E-state index contributed by atoms with van der Waals surface area (Å²) >= 11 is 6.27. The van der Waals surface area contributed by atoms with Crippen LogP contribution in [0.5, 0.6) is 5.75 Å². The zero-order chi connectivity index (χ0) is 22.0. The number of ether oxygens (including phenoxy) is 1. The molecular formula is C25H21ClN2O3. The van der Waals surface area contributed by atoms with E-state index in [9.17, 15) is 9.59 Å². The molecule has 0 aliphatic carbocycles. The molecule has 6 heteroatoms. The molecule has 0 fully saturated rings. The van der Waals surface area contributed by atoms with Crippen LogP contribution in [-0.2, 0) is 9.59 Å². The van der Waals surface area contributed by atoms with Crippen molar-refractivity contribution in [3.05, 3.63) is 94.6 Å². The Balaban J connectivity index is 1.82. The fraction of sp³-hybridized carbons (Fsp3) is 0.120. The highest BCUT2D eigenvalue weighted by Crippen LogP contribution is 2.36. The highest BCUT2D eigenvalue weighted by molar-refractivity contribution is 6.46. The van der Waals surface area contributed by atoms with Crippen LogP contribution >= 0.6 is 11.6 Å². The van der Waals surface area contributed by atoms with Gasteiger partial charge in [0.05, 0.1) is 23.6 Å². The number of amides is 2. The van der Waals surface area contributed by atoms with Gasteiger partial charge in [-0.1, -0.05) is 60.1 Å². The third kappa shape index (κ3) is 3.92. The lowest BCUT2D eigenvalue weighted by Gasteiger charge is -2.17. The van der Waals surface area contributed by atoms with E-state index in [1.165, 1.54) is 0 Å². The van der Waals surface area contributed by atoms with Crippen LogP contribution in [0.2, 0.25) is 5.02 Å². The maximum absolute atomic E-state index is 13.5. The molecule has 0 unspecified atom stereocenters. The molecule has 3 aromatic carbocycles. The number of benzene rings is 3. The molecule has 4 rings (SSSR count). The molecule has 0 bridgehead atoms. The Morgan fingerprint density at radius 1 is 0.935 bits per heavy atom. The smallest absolute Gasteiger partial charge is 0.282 e. The van der Waals surface area contributed by atoms with Gasteiger partial charge in [0.15, 0.2) is 0 Å². The zero-order valence-corrected chi connectivity index (χ0v) is 17.9. The molecule has 3 aromatic rings. The van der Waals surface area contributed by atoms with Gasteiger partial charge < -0.3 is 10.1 Å². The van der Waals surface area contributed by atoms with Gasteiger partial charge in [0, 0.05) is 5.02 Å². The van der Waals surface area contributed by atoms with Crippen LogP contribution in [0.25, 0.3) is 5.57 Å². The van der Waals surface area contributed by atoms with Crippen LogP contribution in [0.3, 0.4) is 0 Å². The molecule has 31 heavy (non-hydrogen) atoms. The number of nitrogens with one attached hydrogen (secondary N) is 1. The Morgan fingerprint density at radius 3 is 2.35 bits per heavy atom. The predicted molar refractivity (Wildman–Crippen MR) is 123 cm³/mol. The SMILES string of the molecule is CCOc1ccccc1NC1=C(c2ccccc2)C(=O)N(c2ccc(C)c(Cl)c2)C1=O. The van der Waals surface area contributed by atoms with Gasteiger partial charge in [-0.3, -0.25) is 9.59 Å². The lowest BCUT2D eigenvalue weighted by molar-refractivity contribution is -0.120. The summed E-state index contributed by atoms with van der Waals surface area (Å²) in [5, 5.41) is 3.65. The summed E-state index contributed by atoms with van der Waals surface area (Å²) in [4.78, 5) is 28.1. The van der Waals surface area contributed by atoms with Crippen LogP contribution < -0.4 is 15.0 Å². The van der Waals surface area contributed by atoms with E-state index >= 15 is 0 Å². The lowest BCUT2D eigenvalue weighted by Crippen LogP contribution is -2.32. The molecule has 1 N–H and O–H groups in total. The van der Waals surface area contributed by atoms with Crippen molar-refractivity contribution in [3.8, 4) is 5.75 Å². The maximum Gasteiger partial charge on any atom is 0.282 e. The Bertz CT molecular complexity index is 1190. The molecule has 0 spiro atoms. The second kappa shape index (κ2) is 8.66. The van der Waals surface area contributed by atoms with E-state index < -0.39 is 11.8 Å². The number of nitrogens with zero attached hydrogens (tertiary/aromatic N) is 1. The molecule has 0 aromatic heterocycles. The summed E-state index contributed by atoms with van der Waals surface area (Å²) in [5.74, 6) is -0.260. The molecule has 0 saturated heterocycles. The van der Waals surface area contributed by atoms with Crippen molar-refractivity contribution >= 4 is 40.4 Å². The van der Waals surface area contributed by atoms with E-state index in [-0.39, 0.29) is 5.70 Å². The summed E-state index contributed by atoms with van der Waals surface area (Å²) in [7, 11) is 0. The van der Waals surface area contributed by atoms with Crippen LogP contribution in [0.1, 0.15) is 18.1 Å². The number of hydrogen-bond donors (Lipinski definition) is 1. The number of para-hydroxylation sites is 2. The Morgan fingerprint density at radius 2 is 1.65 bits per heavy atom. The van der Waals surface area contributed by atoms with Crippen molar-refractivity contribution in [3.63, 3.8) is 0 Å². The summed E-state index contributed by atoms with van der Waals surface area (Å²) < 4.78 is 5.68. The van der Waals surface area contributed by atoms with E-state index in [4.69, 9.17) is 16.3 Å². The monoisotopic (exact) mass is 432 g/mol. The third-order valence-electron chi connectivity index (χ3n) is 5.01. The number of carbonyl (C=O) groups is 2. The van der Waals surface area contributed by atoms with E-state index in [1.807, 2.05) is 68.4 Å². The minimum Gasteiger partial charge on any atom is -0.492 e. The molecule has 5 nitrogen and oxygen atoms in total. The number of hydrogen-bond acceptors (Lipinski definition) is 4. The van der Waals surface area contributed by atoms with Gasteiger partial charge in [-0.15, -0.1) is 0 Å². The van der Waals surface area contributed by atoms with Crippen molar-refractivity contribution in [2.45, 2.75) is 13.8 Å². The summed E-state index contributed by atoms with van der Waals surface area (Å²) in [6.45, 7) is 4.23. The lowest BCUT2D eigenvalue weighted by atomic mass is 10.0. The average Bonchev–Trinajstić information content (AvgIpc) is 3.02. The van der Waals surface area contributed by atoms with Crippen molar-refractivity contribution in [2.24, 2.45) is 0 Å². The van der Waals surface area contributed by atoms with Gasteiger partial charge in [0.1, 0.15) is 11.4 Å². The van der Waals surface area contributed by atoms with E-state index in [2.05, 4.69) is 5.32 Å². The van der Waals surface area contributed by atoms with Crippen molar-refractivity contribution in [1.29, 1.82) is 0 Å². The molecular weight excluding hydrogens is 412 g/mol. The second-order valence-electron chi connectivity index (χ2n) is 7.05. The molecule has 1 aliphatic heterocycles. The van der Waals surface area contributed by atoms with Crippen LogP contribution in [0.15, 0.2) is 78.5 Å². The highest BCUT2D eigenvalue weighted by atomic mass is 35.5. The van der Waals surface area contributed by atoms with Gasteiger partial charge in [-0.2, -0.15) is 0 Å². The van der Waals surface area contributed by atoms with E-state index in [0.717, 1.165) is 10.5 Å². The minimum absolute atomic E-state index is 0.194. The quantitative estimate of drug-likeness (QED) is 0.526. The minimum atomic E-state index is -0.449. The number of anilines is 2. The molecule has 0 atom stereocenters. The first-order valence-electron chi connectivity index (χ1n) is 9.94. The first-order valence-corrected chi connectivity index (χ1v) is 10.3. The third-order valence-corrected chi connectivity index (χ3v) is 5.41. The van der Waals surface area contributed by atoms with E-state index in [1.54, 1.807) is 18.2 Å². The summed E-state index contributed by atoms with van der Waals surface area (Å²) in [6, 6.07) is 21.6. The van der Waals surface area contributed by atoms with Crippen molar-refractivity contribution in [2.75, 3.05) is 16.8 Å². The largest absolute Gasteiger partial charge is 0.492 e. The normalized spacial score (nSPS) is 13.7. The van der Waals surface area contributed by atoms with Crippen LogP contribution in [0.4, 0.5) is 11.4 Å². The summed E-state index contributed by atoms with van der Waals surface area (Å²) in [5.41, 5.74) is 3.04. The fourth-order valence-corrected chi connectivity index (χ4v) is 3.63. The molecule has 0 saturated carbocycles. The highest BCUT2D eigenvalue weighted by Gasteiger charge is 2.40. The number of rotatable bonds is 6. The zero-order valence-electron chi connectivity index (χ0n) is 17.2. The standard InChI is InChI=1S/C25H21ClN2O3/c1-3-31-21-12-8-7-11-20(21)27-23-22(17-9-5-4-6-10-17)24(29)28(25(23)30)18-14-13-16(2)19(26)15-18/h4-15,27H,3H2,1-2H3. The van der Waals surface area contributed by atoms with Crippen molar-refractivity contribution in [1.82, 2.24) is 0 Å². The number of halogens is 1. The number of aryl methyl sites for hydroxylation is 1. The number of carbonyl (C=O) groups excluding carboxylic acids is 2. The Kier molecular flexibility index (Phi) is 5.78. The second-order valence-corrected chi connectivity index (χ2v) is 7.46.